The van der Waals surface area contributed by atoms with Crippen LogP contribution < -0.4 is 5.73 Å². The van der Waals surface area contributed by atoms with Crippen LogP contribution in [0.3, 0.4) is 0 Å². The van der Waals surface area contributed by atoms with Crippen LogP contribution in [0.25, 0.3) is 0 Å². The molecule has 0 aromatic rings. The second-order valence-corrected chi connectivity index (χ2v) is 5.04. The first-order valence-electron chi connectivity index (χ1n) is 5.56. The van der Waals surface area contributed by atoms with E-state index in [0.29, 0.717) is 6.04 Å². The van der Waals surface area contributed by atoms with Gasteiger partial charge < -0.3 is 10.6 Å². The van der Waals surface area contributed by atoms with Gasteiger partial charge in [0.25, 0.3) is 0 Å². The molecular weight excluding hydrogens is 160 g/mol. The molecule has 0 aromatic carbocycles. The van der Waals surface area contributed by atoms with Crippen LogP contribution in [0.5, 0.6) is 0 Å². The van der Waals surface area contributed by atoms with Crippen molar-refractivity contribution >= 4 is 0 Å². The smallest absolute Gasteiger partial charge is 0.0170 e. The van der Waals surface area contributed by atoms with E-state index in [4.69, 9.17) is 5.73 Å². The van der Waals surface area contributed by atoms with Gasteiger partial charge in [0.05, 0.1) is 0 Å². The largest absolute Gasteiger partial charge is 0.327 e. The molecule has 2 heteroatoms. The zero-order valence-electron chi connectivity index (χ0n) is 9.29. The molecule has 0 spiro atoms. The third-order valence-corrected chi connectivity index (χ3v) is 2.77. The van der Waals surface area contributed by atoms with E-state index in [1.807, 2.05) is 0 Å². The lowest BCUT2D eigenvalue weighted by molar-refractivity contribution is 0.288. The Kier molecular flexibility index (Phi) is 4.20. The van der Waals surface area contributed by atoms with Crippen molar-refractivity contribution in [2.75, 3.05) is 19.6 Å². The van der Waals surface area contributed by atoms with Crippen LogP contribution in [-0.4, -0.2) is 30.6 Å². The van der Waals surface area contributed by atoms with Crippen LogP contribution in [0.4, 0.5) is 0 Å². The van der Waals surface area contributed by atoms with Gasteiger partial charge in [0.15, 0.2) is 0 Å². The first kappa shape index (κ1) is 11.0. The fraction of sp³-hybridized carbons (Fsp3) is 1.00. The molecule has 2 nitrogen and oxygen atoms in total. The molecule has 2 atom stereocenters. The minimum Gasteiger partial charge on any atom is -0.327 e. The van der Waals surface area contributed by atoms with E-state index in [1.54, 1.807) is 0 Å². The van der Waals surface area contributed by atoms with Crippen molar-refractivity contribution in [3.63, 3.8) is 0 Å². The maximum Gasteiger partial charge on any atom is 0.0170 e. The van der Waals surface area contributed by atoms with E-state index in [1.165, 1.54) is 19.5 Å². The third-order valence-electron chi connectivity index (χ3n) is 2.77. The predicted octanol–water partition coefficient (Wildman–Crippen LogP) is 1.70. The normalized spacial score (nSPS) is 27.0. The maximum atomic E-state index is 6.06. The molecule has 0 amide bonds. The molecule has 0 aromatic heterocycles. The minimum atomic E-state index is 0.380. The van der Waals surface area contributed by atoms with Crippen molar-refractivity contribution < 1.29 is 0 Å². The van der Waals surface area contributed by atoms with Gasteiger partial charge in [-0.2, -0.15) is 0 Å². The van der Waals surface area contributed by atoms with Gasteiger partial charge in [-0.1, -0.05) is 20.8 Å². The standard InChI is InChI=1S/C11H24N2/c1-9(2)6-11(12)8-13-5-4-10(3)7-13/h9-11H,4-8,12H2,1-3H3. The van der Waals surface area contributed by atoms with Crippen LogP contribution in [0, 0.1) is 11.8 Å². The van der Waals surface area contributed by atoms with Crippen molar-refractivity contribution in [3.8, 4) is 0 Å². The molecule has 1 heterocycles. The summed E-state index contributed by atoms with van der Waals surface area (Å²) in [6, 6.07) is 0.380. The molecule has 78 valence electrons. The molecule has 0 bridgehead atoms. The van der Waals surface area contributed by atoms with E-state index >= 15 is 0 Å². The quantitative estimate of drug-likeness (QED) is 0.720. The lowest BCUT2D eigenvalue weighted by Gasteiger charge is -2.21. The van der Waals surface area contributed by atoms with E-state index in [-0.39, 0.29) is 0 Å². The van der Waals surface area contributed by atoms with Gasteiger partial charge >= 0.3 is 0 Å². The predicted molar refractivity (Wildman–Crippen MR) is 57.7 cm³/mol. The summed E-state index contributed by atoms with van der Waals surface area (Å²) in [5.74, 6) is 1.61. The molecule has 0 aliphatic carbocycles. The third kappa shape index (κ3) is 4.10. The summed E-state index contributed by atoms with van der Waals surface area (Å²) in [6.45, 7) is 10.4. The summed E-state index contributed by atoms with van der Waals surface area (Å²) in [4.78, 5) is 2.51. The van der Waals surface area contributed by atoms with Crippen molar-refractivity contribution in [2.45, 2.75) is 39.7 Å². The number of nitrogens with zero attached hydrogens (tertiary/aromatic N) is 1. The maximum absolute atomic E-state index is 6.06. The van der Waals surface area contributed by atoms with E-state index in [2.05, 4.69) is 25.7 Å². The molecule has 1 rings (SSSR count). The average molecular weight is 184 g/mol. The Balaban J connectivity index is 2.16. The first-order valence-corrected chi connectivity index (χ1v) is 5.56. The zero-order valence-corrected chi connectivity index (χ0v) is 9.29. The minimum absolute atomic E-state index is 0.380. The monoisotopic (exact) mass is 184 g/mol. The Morgan fingerprint density at radius 2 is 2.15 bits per heavy atom. The molecule has 0 saturated carbocycles. The summed E-state index contributed by atoms with van der Waals surface area (Å²) in [6.07, 6.45) is 2.51. The molecule has 2 N–H and O–H groups in total. The van der Waals surface area contributed by atoms with Crippen molar-refractivity contribution in [3.05, 3.63) is 0 Å². The summed E-state index contributed by atoms with van der Waals surface area (Å²) in [5.41, 5.74) is 6.06. The van der Waals surface area contributed by atoms with Crippen molar-refractivity contribution in [1.29, 1.82) is 0 Å². The van der Waals surface area contributed by atoms with Gasteiger partial charge in [0.2, 0.25) is 0 Å². The van der Waals surface area contributed by atoms with Crippen LogP contribution in [0.15, 0.2) is 0 Å². The van der Waals surface area contributed by atoms with Crippen LogP contribution >= 0.6 is 0 Å². The molecular formula is C11H24N2. The Hall–Kier alpha value is -0.0800. The Labute approximate surface area is 82.5 Å². The zero-order chi connectivity index (χ0) is 9.84. The summed E-state index contributed by atoms with van der Waals surface area (Å²) in [7, 11) is 0. The summed E-state index contributed by atoms with van der Waals surface area (Å²) in [5, 5.41) is 0. The van der Waals surface area contributed by atoms with Gasteiger partial charge in [0, 0.05) is 19.1 Å². The van der Waals surface area contributed by atoms with Crippen molar-refractivity contribution in [2.24, 2.45) is 17.6 Å². The first-order chi connectivity index (χ1) is 6.08. The Morgan fingerprint density at radius 1 is 1.46 bits per heavy atom. The molecule has 13 heavy (non-hydrogen) atoms. The highest BCUT2D eigenvalue weighted by Gasteiger charge is 2.20. The van der Waals surface area contributed by atoms with E-state index in [0.717, 1.165) is 24.8 Å². The molecule has 1 saturated heterocycles. The fourth-order valence-electron chi connectivity index (χ4n) is 2.20. The second kappa shape index (κ2) is 4.97. The van der Waals surface area contributed by atoms with Gasteiger partial charge in [-0.05, 0) is 31.2 Å². The van der Waals surface area contributed by atoms with Crippen LogP contribution in [-0.2, 0) is 0 Å². The van der Waals surface area contributed by atoms with Gasteiger partial charge in [-0.25, -0.2) is 0 Å². The molecule has 1 aliphatic rings. The molecule has 0 radical (unpaired) electrons. The fourth-order valence-corrected chi connectivity index (χ4v) is 2.20. The van der Waals surface area contributed by atoms with Crippen LogP contribution in [0.1, 0.15) is 33.6 Å². The number of rotatable bonds is 4. The van der Waals surface area contributed by atoms with E-state index in [9.17, 15) is 0 Å². The number of nitrogens with two attached hydrogens (primary N) is 1. The highest BCUT2D eigenvalue weighted by Crippen LogP contribution is 2.15. The number of hydrogen-bond acceptors (Lipinski definition) is 2. The molecule has 2 unspecified atom stereocenters. The molecule has 1 aliphatic heterocycles. The van der Waals surface area contributed by atoms with Crippen molar-refractivity contribution in [1.82, 2.24) is 4.90 Å². The topological polar surface area (TPSA) is 29.3 Å². The number of likely N-dealkylation sites (tertiary alicyclic amines) is 1. The highest BCUT2D eigenvalue weighted by molar-refractivity contribution is 4.76. The van der Waals surface area contributed by atoms with Gasteiger partial charge in [0.1, 0.15) is 0 Å². The SMILES string of the molecule is CC(C)CC(N)CN1CCC(C)C1. The molecule has 1 fully saturated rings. The number of hydrogen-bond donors (Lipinski definition) is 1. The average Bonchev–Trinajstić information content (AvgIpc) is 2.33. The highest BCUT2D eigenvalue weighted by atomic mass is 15.2. The van der Waals surface area contributed by atoms with Gasteiger partial charge in [-0.3, -0.25) is 0 Å². The summed E-state index contributed by atoms with van der Waals surface area (Å²) < 4.78 is 0. The van der Waals surface area contributed by atoms with Crippen LogP contribution in [0.2, 0.25) is 0 Å². The Bertz CT molecular complexity index is 145. The second-order valence-electron chi connectivity index (χ2n) is 5.04. The Morgan fingerprint density at radius 3 is 2.62 bits per heavy atom. The lowest BCUT2D eigenvalue weighted by atomic mass is 10.0. The summed E-state index contributed by atoms with van der Waals surface area (Å²) >= 11 is 0. The van der Waals surface area contributed by atoms with Gasteiger partial charge in [-0.15, -0.1) is 0 Å². The van der Waals surface area contributed by atoms with E-state index < -0.39 is 0 Å². The lowest BCUT2D eigenvalue weighted by Crippen LogP contribution is -2.37.